The summed E-state index contributed by atoms with van der Waals surface area (Å²) in [4.78, 5) is 0. The van der Waals surface area contributed by atoms with Crippen LogP contribution in [0.3, 0.4) is 0 Å². The third kappa shape index (κ3) is 2.04. The Kier molecular flexibility index (Phi) is 3.12. The van der Waals surface area contributed by atoms with Gasteiger partial charge >= 0.3 is 0 Å². The molecule has 1 aromatic rings. The average molecular weight is 91.9 g/mol. The summed E-state index contributed by atoms with van der Waals surface area (Å²) < 4.78 is 0. The van der Waals surface area contributed by atoms with Crippen LogP contribution in [0.2, 0.25) is 0 Å². The molecule has 0 N–H and O–H groups in total. The molecule has 0 heterocycles. The lowest BCUT2D eigenvalue weighted by atomic mass is 10.4. The summed E-state index contributed by atoms with van der Waals surface area (Å²) in [5.41, 5.74) is 0. The topological polar surface area (TPSA) is 0 Å². The molecule has 0 spiro atoms. The van der Waals surface area contributed by atoms with Crippen molar-refractivity contribution < 1.29 is 0 Å². The van der Waals surface area contributed by atoms with Crippen LogP contribution in [0.4, 0.5) is 0 Å². The molecule has 0 radical (unpaired) electrons. The molecule has 0 unspecified atom stereocenters. The molecule has 0 aliphatic carbocycles. The van der Waals surface area contributed by atoms with E-state index < -0.39 is 0 Å². The molecule has 0 amide bonds. The first-order valence-corrected chi connectivity index (χ1v) is 2.00. The van der Waals surface area contributed by atoms with Crippen LogP contribution in [-0.4, -0.2) is 8.41 Å². The van der Waals surface area contributed by atoms with Crippen LogP contribution < -0.4 is 0 Å². The smallest absolute Gasteiger partial charge is 0.0623 e. The standard InChI is InChI=1S/C6H6.BH3/c1-2-4-6-5-3-1;/h1-6H;1H3. The van der Waals surface area contributed by atoms with Gasteiger partial charge in [-0.25, -0.2) is 0 Å². The maximum Gasteiger partial charge on any atom is 0.0814 e. The van der Waals surface area contributed by atoms with Crippen LogP contribution in [0.5, 0.6) is 0 Å². The Morgan fingerprint density at radius 3 is 0.714 bits per heavy atom. The minimum atomic E-state index is 0. The second kappa shape index (κ2) is 3.47. The van der Waals surface area contributed by atoms with E-state index in [-0.39, 0.29) is 8.41 Å². The lowest BCUT2D eigenvalue weighted by molar-refractivity contribution is 1.72. The maximum atomic E-state index is 2.00. The Bertz CT molecular complexity index is 76.1. The van der Waals surface area contributed by atoms with Crippen molar-refractivity contribution in [2.75, 3.05) is 0 Å². The summed E-state index contributed by atoms with van der Waals surface area (Å²) in [5.74, 6) is 0. The Morgan fingerprint density at radius 2 is 0.571 bits per heavy atom. The molecular formula is C6H9B. The normalized spacial score (nSPS) is 6.86. The van der Waals surface area contributed by atoms with Gasteiger partial charge in [0, 0.05) is 0 Å². The van der Waals surface area contributed by atoms with Crippen LogP contribution in [0.25, 0.3) is 0 Å². The van der Waals surface area contributed by atoms with E-state index in [0.29, 0.717) is 0 Å². The minimum absolute atomic E-state index is 0. The number of rotatable bonds is 0. The van der Waals surface area contributed by atoms with Crippen molar-refractivity contribution in [3.05, 3.63) is 36.4 Å². The number of hydrogen-bond acceptors (Lipinski definition) is 0. The van der Waals surface area contributed by atoms with Gasteiger partial charge in [-0.2, -0.15) is 0 Å². The SMILES string of the molecule is B.c1ccccc1. The summed E-state index contributed by atoms with van der Waals surface area (Å²) in [6.07, 6.45) is 0. The summed E-state index contributed by atoms with van der Waals surface area (Å²) in [7, 11) is 0. The van der Waals surface area contributed by atoms with Crippen molar-refractivity contribution in [3.8, 4) is 0 Å². The zero-order valence-electron chi connectivity index (χ0n) is 3.46. The molecule has 1 heteroatoms. The maximum absolute atomic E-state index is 2.00. The monoisotopic (exact) mass is 92.1 g/mol. The zero-order chi connectivity index (χ0) is 4.24. The second-order valence-corrected chi connectivity index (χ2v) is 1.15. The van der Waals surface area contributed by atoms with Gasteiger partial charge in [-0.05, 0) is 0 Å². The van der Waals surface area contributed by atoms with Crippen LogP contribution in [0.1, 0.15) is 0 Å². The Labute approximate surface area is 45.8 Å². The molecule has 7 heavy (non-hydrogen) atoms. The molecule has 0 fully saturated rings. The van der Waals surface area contributed by atoms with Crippen LogP contribution >= 0.6 is 0 Å². The highest BCUT2D eigenvalue weighted by Gasteiger charge is 1.57. The molecule has 0 atom stereocenters. The Balaban J connectivity index is 0.000000360. The van der Waals surface area contributed by atoms with Gasteiger partial charge < -0.3 is 0 Å². The van der Waals surface area contributed by atoms with Crippen molar-refractivity contribution in [2.24, 2.45) is 0 Å². The molecule has 1 rings (SSSR count). The summed E-state index contributed by atoms with van der Waals surface area (Å²) in [6, 6.07) is 12.0. The fraction of sp³-hybridized carbons (Fsp3) is 0. The minimum Gasteiger partial charge on any atom is -0.0623 e. The highest BCUT2D eigenvalue weighted by Crippen LogP contribution is 1.79. The Morgan fingerprint density at radius 1 is 0.429 bits per heavy atom. The first-order valence-electron chi connectivity index (χ1n) is 2.00. The van der Waals surface area contributed by atoms with E-state index in [9.17, 15) is 0 Å². The van der Waals surface area contributed by atoms with Crippen molar-refractivity contribution >= 4 is 8.41 Å². The van der Waals surface area contributed by atoms with Gasteiger partial charge in [0.2, 0.25) is 0 Å². The third-order valence-corrected chi connectivity index (χ3v) is 0.667. The zero-order valence-corrected chi connectivity index (χ0v) is 3.46. The molecule has 0 nitrogen and oxygen atoms in total. The molecule has 0 saturated carbocycles. The molecular weight excluding hydrogens is 82.9 g/mol. The van der Waals surface area contributed by atoms with E-state index in [4.69, 9.17) is 0 Å². The van der Waals surface area contributed by atoms with Crippen molar-refractivity contribution in [2.45, 2.75) is 0 Å². The summed E-state index contributed by atoms with van der Waals surface area (Å²) in [6.45, 7) is 0. The Hall–Kier alpha value is -0.715. The summed E-state index contributed by atoms with van der Waals surface area (Å²) in [5, 5.41) is 0. The fourth-order valence-electron chi connectivity index (χ4n) is 0.385. The first-order chi connectivity index (χ1) is 3.00. The van der Waals surface area contributed by atoms with Gasteiger partial charge in [-0.1, -0.05) is 36.4 Å². The van der Waals surface area contributed by atoms with E-state index in [1.807, 2.05) is 36.4 Å². The highest BCUT2D eigenvalue weighted by molar-refractivity contribution is 5.75. The largest absolute Gasteiger partial charge is 0.0814 e. The first kappa shape index (κ1) is 6.28. The van der Waals surface area contributed by atoms with Crippen molar-refractivity contribution in [3.63, 3.8) is 0 Å². The number of hydrogen-bond donors (Lipinski definition) is 0. The van der Waals surface area contributed by atoms with E-state index in [0.717, 1.165) is 0 Å². The van der Waals surface area contributed by atoms with Gasteiger partial charge in [-0.3, -0.25) is 0 Å². The molecule has 0 aliphatic heterocycles. The van der Waals surface area contributed by atoms with Crippen LogP contribution in [-0.2, 0) is 0 Å². The lowest BCUT2D eigenvalue weighted by Gasteiger charge is -1.69. The molecule has 36 valence electrons. The van der Waals surface area contributed by atoms with Gasteiger partial charge in [0.05, 0.1) is 8.41 Å². The number of benzene rings is 1. The molecule has 0 saturated heterocycles. The van der Waals surface area contributed by atoms with Gasteiger partial charge in [-0.15, -0.1) is 0 Å². The molecule has 1 aromatic carbocycles. The van der Waals surface area contributed by atoms with E-state index in [2.05, 4.69) is 0 Å². The van der Waals surface area contributed by atoms with E-state index >= 15 is 0 Å². The molecule has 0 bridgehead atoms. The third-order valence-electron chi connectivity index (χ3n) is 0.667. The lowest BCUT2D eigenvalue weighted by Crippen LogP contribution is -1.47. The van der Waals surface area contributed by atoms with E-state index in [1.165, 1.54) is 0 Å². The fourth-order valence-corrected chi connectivity index (χ4v) is 0.385. The predicted molar refractivity (Wildman–Crippen MR) is 36.4 cm³/mol. The van der Waals surface area contributed by atoms with Gasteiger partial charge in [0.25, 0.3) is 0 Å². The second-order valence-electron chi connectivity index (χ2n) is 1.15. The van der Waals surface area contributed by atoms with Gasteiger partial charge in [0.1, 0.15) is 0 Å². The highest BCUT2D eigenvalue weighted by atomic mass is 13.6. The molecule has 0 aliphatic rings. The predicted octanol–water partition coefficient (Wildman–Crippen LogP) is 0.503. The van der Waals surface area contributed by atoms with Crippen molar-refractivity contribution in [1.82, 2.24) is 0 Å². The van der Waals surface area contributed by atoms with Crippen LogP contribution in [0.15, 0.2) is 36.4 Å². The van der Waals surface area contributed by atoms with E-state index in [1.54, 1.807) is 0 Å². The van der Waals surface area contributed by atoms with Gasteiger partial charge in [0.15, 0.2) is 0 Å². The average Bonchev–Trinajstić information content (AvgIpc) is 1.72. The van der Waals surface area contributed by atoms with Crippen molar-refractivity contribution in [1.29, 1.82) is 0 Å². The van der Waals surface area contributed by atoms with Crippen LogP contribution in [0, 0.1) is 0 Å². The quantitative estimate of drug-likeness (QED) is 0.409. The molecule has 0 aromatic heterocycles. The summed E-state index contributed by atoms with van der Waals surface area (Å²) >= 11 is 0.